The molecule has 0 aromatic heterocycles. The molecule has 108 valence electrons. The first-order chi connectivity index (χ1) is 9.49. The fraction of sp³-hybridized carbons (Fsp3) is 0.467. The van der Waals surface area contributed by atoms with Crippen molar-refractivity contribution in [2.24, 2.45) is 0 Å². The van der Waals surface area contributed by atoms with Gasteiger partial charge in [0, 0.05) is 13.1 Å². The maximum absolute atomic E-state index is 12.1. The van der Waals surface area contributed by atoms with Crippen LogP contribution < -0.4 is 5.32 Å². The van der Waals surface area contributed by atoms with Crippen LogP contribution >= 0.6 is 0 Å². The second-order valence-electron chi connectivity index (χ2n) is 5.23. The van der Waals surface area contributed by atoms with Crippen molar-refractivity contribution in [1.29, 1.82) is 0 Å². The van der Waals surface area contributed by atoms with Gasteiger partial charge < -0.3 is 10.4 Å². The summed E-state index contributed by atoms with van der Waals surface area (Å²) in [7, 11) is 0. The van der Waals surface area contributed by atoms with E-state index in [2.05, 4.69) is 22.3 Å². The van der Waals surface area contributed by atoms with Gasteiger partial charge in [-0.1, -0.05) is 24.3 Å². The lowest BCUT2D eigenvalue weighted by molar-refractivity contribution is -0.142. The van der Waals surface area contributed by atoms with Crippen molar-refractivity contribution in [1.82, 2.24) is 10.2 Å². The number of hydrogen-bond donors (Lipinski definition) is 2. The first-order valence-electron chi connectivity index (χ1n) is 6.83. The number of amides is 1. The third kappa shape index (κ3) is 3.17. The van der Waals surface area contributed by atoms with E-state index < -0.39 is 12.0 Å². The minimum absolute atomic E-state index is 0.237. The molecular weight excluding hydrogens is 256 g/mol. The largest absolute Gasteiger partial charge is 0.480 e. The second kappa shape index (κ2) is 6.05. The molecule has 0 fully saturated rings. The number of nitrogens with one attached hydrogen (secondary N) is 1. The Morgan fingerprint density at radius 3 is 2.55 bits per heavy atom. The molecule has 1 aliphatic rings. The van der Waals surface area contributed by atoms with Gasteiger partial charge >= 0.3 is 5.97 Å². The summed E-state index contributed by atoms with van der Waals surface area (Å²) in [5.74, 6) is -1.26. The molecule has 5 heteroatoms. The molecule has 1 unspecified atom stereocenters. The fourth-order valence-corrected chi connectivity index (χ4v) is 2.41. The van der Waals surface area contributed by atoms with Crippen LogP contribution in [-0.2, 0) is 22.6 Å². The van der Waals surface area contributed by atoms with Crippen molar-refractivity contribution >= 4 is 11.9 Å². The molecule has 20 heavy (non-hydrogen) atoms. The Balaban J connectivity index is 1.99. The molecule has 5 nitrogen and oxygen atoms in total. The minimum Gasteiger partial charge on any atom is -0.480 e. The lowest BCUT2D eigenvalue weighted by atomic mass is 9.98. The Kier molecular flexibility index (Phi) is 4.39. The van der Waals surface area contributed by atoms with Gasteiger partial charge in [-0.25, -0.2) is 0 Å². The zero-order valence-electron chi connectivity index (χ0n) is 11.8. The molecule has 0 radical (unpaired) electrons. The Hall–Kier alpha value is -1.88. The number of nitrogens with zero attached hydrogens (tertiary/aromatic N) is 1. The van der Waals surface area contributed by atoms with E-state index in [0.717, 1.165) is 19.5 Å². The lowest BCUT2D eigenvalue weighted by Gasteiger charge is -2.33. The summed E-state index contributed by atoms with van der Waals surface area (Å²) in [4.78, 5) is 24.9. The topological polar surface area (TPSA) is 69.6 Å². The van der Waals surface area contributed by atoms with Gasteiger partial charge in [-0.05, 0) is 31.4 Å². The van der Waals surface area contributed by atoms with Gasteiger partial charge in [0.15, 0.2) is 0 Å². The highest BCUT2D eigenvalue weighted by Crippen LogP contribution is 2.20. The van der Waals surface area contributed by atoms with Gasteiger partial charge in [-0.2, -0.15) is 0 Å². The van der Waals surface area contributed by atoms with Crippen molar-refractivity contribution < 1.29 is 14.7 Å². The van der Waals surface area contributed by atoms with E-state index in [-0.39, 0.29) is 11.9 Å². The fourth-order valence-electron chi connectivity index (χ4n) is 2.41. The average Bonchev–Trinajstić information content (AvgIpc) is 2.45. The zero-order chi connectivity index (χ0) is 14.7. The highest BCUT2D eigenvalue weighted by Gasteiger charge is 2.26. The van der Waals surface area contributed by atoms with Crippen LogP contribution in [0.2, 0.25) is 0 Å². The molecule has 1 aliphatic heterocycles. The third-order valence-corrected chi connectivity index (χ3v) is 3.82. The number of carboxylic acids is 1. The number of carboxylic acid groups (broad SMARTS) is 1. The lowest BCUT2D eigenvalue weighted by Crippen LogP contribution is -2.50. The summed E-state index contributed by atoms with van der Waals surface area (Å²) in [6, 6.07) is 7.03. The van der Waals surface area contributed by atoms with Crippen LogP contribution in [0.25, 0.3) is 0 Å². The molecule has 1 aromatic carbocycles. The Morgan fingerprint density at radius 2 is 1.90 bits per heavy atom. The molecular formula is C15H20N2O3. The van der Waals surface area contributed by atoms with Crippen molar-refractivity contribution in [3.63, 3.8) is 0 Å². The van der Waals surface area contributed by atoms with E-state index in [9.17, 15) is 9.59 Å². The van der Waals surface area contributed by atoms with Crippen LogP contribution in [0.1, 0.15) is 25.0 Å². The number of carbonyl (C=O) groups is 2. The molecule has 1 aromatic rings. The molecule has 2 atom stereocenters. The quantitative estimate of drug-likeness (QED) is 0.861. The van der Waals surface area contributed by atoms with Crippen LogP contribution in [0.3, 0.4) is 0 Å². The summed E-state index contributed by atoms with van der Waals surface area (Å²) < 4.78 is 0. The van der Waals surface area contributed by atoms with Gasteiger partial charge in [0.2, 0.25) is 5.91 Å². The van der Waals surface area contributed by atoms with Crippen LogP contribution in [0.15, 0.2) is 24.3 Å². The number of hydrogen-bond acceptors (Lipinski definition) is 3. The number of fused-ring (bicyclic) bond motifs is 1. The molecule has 1 heterocycles. The predicted octanol–water partition coefficient (Wildman–Crippen LogP) is 1.02. The molecule has 1 amide bonds. The Bertz CT molecular complexity index is 516. The highest BCUT2D eigenvalue weighted by atomic mass is 16.4. The van der Waals surface area contributed by atoms with E-state index in [4.69, 9.17) is 5.11 Å². The van der Waals surface area contributed by atoms with E-state index in [0.29, 0.717) is 0 Å². The molecule has 0 bridgehead atoms. The maximum Gasteiger partial charge on any atom is 0.325 e. The summed E-state index contributed by atoms with van der Waals surface area (Å²) >= 11 is 0. The number of benzene rings is 1. The standard InChI is InChI=1S/C15H20N2O3/c1-10(15(19)20)16-14(18)11(2)17-8-7-12-5-3-4-6-13(12)9-17/h3-6,10-11H,7-9H2,1-2H3,(H,16,18)(H,19,20)/t10-,11?/m1/s1. The van der Waals surface area contributed by atoms with Crippen LogP contribution in [-0.4, -0.2) is 40.5 Å². The Labute approximate surface area is 118 Å². The number of rotatable bonds is 4. The normalized spacial score (nSPS) is 17.9. The smallest absolute Gasteiger partial charge is 0.325 e. The molecule has 0 saturated heterocycles. The molecule has 0 saturated carbocycles. The van der Waals surface area contributed by atoms with E-state index >= 15 is 0 Å². The van der Waals surface area contributed by atoms with Gasteiger partial charge in [-0.15, -0.1) is 0 Å². The average molecular weight is 276 g/mol. The second-order valence-corrected chi connectivity index (χ2v) is 5.23. The molecule has 2 N–H and O–H groups in total. The Morgan fingerprint density at radius 1 is 1.25 bits per heavy atom. The van der Waals surface area contributed by atoms with Gasteiger partial charge in [-0.3, -0.25) is 14.5 Å². The number of aliphatic carboxylic acids is 1. The van der Waals surface area contributed by atoms with Gasteiger partial charge in [0.25, 0.3) is 0 Å². The summed E-state index contributed by atoms with van der Waals surface area (Å²) in [5, 5.41) is 11.3. The third-order valence-electron chi connectivity index (χ3n) is 3.82. The number of carbonyl (C=O) groups excluding carboxylic acids is 1. The van der Waals surface area contributed by atoms with Crippen LogP contribution in [0, 0.1) is 0 Å². The SMILES string of the molecule is CC(C(=O)N[C@H](C)C(=O)O)N1CCc2ccccc2C1. The van der Waals surface area contributed by atoms with Crippen molar-refractivity contribution in [3.8, 4) is 0 Å². The van der Waals surface area contributed by atoms with Crippen molar-refractivity contribution in [3.05, 3.63) is 35.4 Å². The first-order valence-corrected chi connectivity index (χ1v) is 6.83. The van der Waals surface area contributed by atoms with E-state index in [1.807, 2.05) is 19.1 Å². The molecule has 0 aliphatic carbocycles. The first kappa shape index (κ1) is 14.5. The van der Waals surface area contributed by atoms with Gasteiger partial charge in [0.05, 0.1) is 6.04 Å². The van der Waals surface area contributed by atoms with Crippen molar-refractivity contribution in [2.45, 2.75) is 38.9 Å². The van der Waals surface area contributed by atoms with Crippen LogP contribution in [0.5, 0.6) is 0 Å². The monoisotopic (exact) mass is 276 g/mol. The highest BCUT2D eigenvalue weighted by molar-refractivity contribution is 5.86. The predicted molar refractivity (Wildman–Crippen MR) is 75.3 cm³/mol. The molecule has 0 spiro atoms. The van der Waals surface area contributed by atoms with E-state index in [1.54, 1.807) is 0 Å². The van der Waals surface area contributed by atoms with Gasteiger partial charge in [0.1, 0.15) is 6.04 Å². The maximum atomic E-state index is 12.1. The summed E-state index contributed by atoms with van der Waals surface area (Å²) in [5.41, 5.74) is 2.57. The summed E-state index contributed by atoms with van der Waals surface area (Å²) in [6.07, 6.45) is 0.919. The summed E-state index contributed by atoms with van der Waals surface area (Å²) in [6.45, 7) is 4.83. The van der Waals surface area contributed by atoms with E-state index in [1.165, 1.54) is 18.1 Å². The minimum atomic E-state index is -1.02. The van der Waals surface area contributed by atoms with Crippen LogP contribution in [0.4, 0.5) is 0 Å². The molecule has 2 rings (SSSR count). The van der Waals surface area contributed by atoms with Crippen molar-refractivity contribution in [2.75, 3.05) is 6.54 Å². The zero-order valence-corrected chi connectivity index (χ0v) is 11.8.